The van der Waals surface area contributed by atoms with Gasteiger partial charge in [-0.25, -0.2) is 0 Å². The maximum absolute atomic E-state index is 11.5. The molecule has 118 valence electrons. The Morgan fingerprint density at radius 3 is 2.65 bits per heavy atom. The molecule has 0 bridgehead atoms. The molecule has 4 heteroatoms. The van der Waals surface area contributed by atoms with E-state index in [0.717, 1.165) is 37.1 Å². The summed E-state index contributed by atoms with van der Waals surface area (Å²) >= 11 is 0. The van der Waals surface area contributed by atoms with E-state index in [0.29, 0.717) is 11.5 Å². The molecule has 1 heterocycles. The molecule has 1 aliphatic carbocycles. The Kier molecular flexibility index (Phi) is 6.06. The lowest BCUT2D eigenvalue weighted by atomic mass is 9.69. The van der Waals surface area contributed by atoms with Crippen LogP contribution in [0.25, 0.3) is 0 Å². The van der Waals surface area contributed by atoms with Gasteiger partial charge in [-0.15, -0.1) is 0 Å². The zero-order valence-corrected chi connectivity index (χ0v) is 14.3. The van der Waals surface area contributed by atoms with Crippen LogP contribution in [-0.2, 0) is 10.8 Å². The van der Waals surface area contributed by atoms with Gasteiger partial charge in [0, 0.05) is 54.5 Å². The van der Waals surface area contributed by atoms with Gasteiger partial charge in [-0.1, -0.05) is 33.6 Å². The molecule has 1 saturated heterocycles. The van der Waals surface area contributed by atoms with E-state index >= 15 is 0 Å². The van der Waals surface area contributed by atoms with E-state index in [4.69, 9.17) is 0 Å². The minimum absolute atomic E-state index is 0.445. The molecule has 2 rings (SSSR count). The molecule has 3 nitrogen and oxygen atoms in total. The highest BCUT2D eigenvalue weighted by Crippen LogP contribution is 2.39. The van der Waals surface area contributed by atoms with Crippen molar-refractivity contribution >= 4 is 10.8 Å². The van der Waals surface area contributed by atoms with E-state index in [2.05, 4.69) is 31.0 Å². The van der Waals surface area contributed by atoms with Gasteiger partial charge in [0.1, 0.15) is 0 Å². The molecule has 1 aliphatic heterocycles. The highest BCUT2D eigenvalue weighted by Gasteiger charge is 2.36. The fourth-order valence-electron chi connectivity index (χ4n) is 3.86. The largest absolute Gasteiger partial charge is 0.314 e. The second kappa shape index (κ2) is 7.37. The van der Waals surface area contributed by atoms with Gasteiger partial charge < -0.3 is 10.2 Å². The third kappa shape index (κ3) is 4.81. The van der Waals surface area contributed by atoms with Gasteiger partial charge in [-0.05, 0) is 24.2 Å². The molecule has 2 unspecified atom stereocenters. The standard InChI is InChI=1S/C16H32N2OS/c1-14(2)17-12-16(6-4-5-15(3)11-16)13-18-7-9-20(19)10-8-18/h14-15,17H,4-13H2,1-3H3. The molecule has 1 saturated carbocycles. The second-order valence-corrected chi connectivity index (χ2v) is 9.06. The molecule has 0 aromatic carbocycles. The molecule has 1 N–H and O–H groups in total. The van der Waals surface area contributed by atoms with Gasteiger partial charge in [0.05, 0.1) is 0 Å². The Labute approximate surface area is 127 Å². The molecule has 20 heavy (non-hydrogen) atoms. The summed E-state index contributed by atoms with van der Waals surface area (Å²) in [5.41, 5.74) is 0.445. The van der Waals surface area contributed by atoms with Crippen LogP contribution < -0.4 is 5.32 Å². The van der Waals surface area contributed by atoms with Gasteiger partial charge >= 0.3 is 0 Å². The first-order valence-corrected chi connectivity index (χ1v) is 9.79. The normalized spacial score (nSPS) is 33.7. The highest BCUT2D eigenvalue weighted by atomic mass is 32.2. The molecule has 2 fully saturated rings. The molecule has 2 aliphatic rings. The first-order valence-electron chi connectivity index (χ1n) is 8.30. The van der Waals surface area contributed by atoms with Gasteiger partial charge in [-0.3, -0.25) is 4.21 Å². The fraction of sp³-hybridized carbons (Fsp3) is 1.00. The summed E-state index contributed by atoms with van der Waals surface area (Å²) in [5, 5.41) is 3.69. The van der Waals surface area contributed by atoms with Crippen LogP contribution in [0.2, 0.25) is 0 Å². The van der Waals surface area contributed by atoms with Crippen LogP contribution in [0.5, 0.6) is 0 Å². The van der Waals surface area contributed by atoms with Crippen molar-refractivity contribution in [3.63, 3.8) is 0 Å². The molecular formula is C16H32N2OS. The van der Waals surface area contributed by atoms with E-state index in [1.54, 1.807) is 0 Å². The van der Waals surface area contributed by atoms with Crippen molar-refractivity contribution in [1.29, 1.82) is 0 Å². The van der Waals surface area contributed by atoms with Crippen molar-refractivity contribution in [2.45, 2.75) is 52.5 Å². The predicted molar refractivity (Wildman–Crippen MR) is 87.5 cm³/mol. The summed E-state index contributed by atoms with van der Waals surface area (Å²) in [6.45, 7) is 11.3. The molecule has 2 atom stereocenters. The quantitative estimate of drug-likeness (QED) is 0.845. The fourth-order valence-corrected chi connectivity index (χ4v) is 4.99. The average molecular weight is 301 g/mol. The van der Waals surface area contributed by atoms with E-state index in [-0.39, 0.29) is 0 Å². The third-order valence-electron chi connectivity index (χ3n) is 4.90. The zero-order chi connectivity index (χ0) is 14.6. The maximum Gasteiger partial charge on any atom is 0.0363 e. The third-order valence-corrected chi connectivity index (χ3v) is 6.18. The Hall–Kier alpha value is 0.0700. The topological polar surface area (TPSA) is 32.3 Å². The van der Waals surface area contributed by atoms with Crippen LogP contribution in [0.4, 0.5) is 0 Å². The maximum atomic E-state index is 11.5. The molecule has 0 amide bonds. The second-order valence-electron chi connectivity index (χ2n) is 7.36. The van der Waals surface area contributed by atoms with Gasteiger partial charge in [0.25, 0.3) is 0 Å². The number of rotatable bonds is 5. The SMILES string of the molecule is CC1CCCC(CNC(C)C)(CN2CCS(=O)CC2)C1. The number of nitrogens with zero attached hydrogens (tertiary/aromatic N) is 1. The lowest BCUT2D eigenvalue weighted by Crippen LogP contribution is -2.50. The van der Waals surface area contributed by atoms with Gasteiger partial charge in [-0.2, -0.15) is 0 Å². The summed E-state index contributed by atoms with van der Waals surface area (Å²) in [4.78, 5) is 2.57. The monoisotopic (exact) mass is 300 g/mol. The lowest BCUT2D eigenvalue weighted by molar-refractivity contribution is 0.0823. The minimum Gasteiger partial charge on any atom is -0.314 e. The smallest absolute Gasteiger partial charge is 0.0363 e. The Bertz CT molecular complexity index is 324. The summed E-state index contributed by atoms with van der Waals surface area (Å²) in [5.74, 6) is 2.61. The van der Waals surface area contributed by atoms with Crippen molar-refractivity contribution in [2.24, 2.45) is 11.3 Å². The predicted octanol–water partition coefficient (Wildman–Crippen LogP) is 2.25. The molecular weight excluding hydrogens is 268 g/mol. The van der Waals surface area contributed by atoms with Crippen molar-refractivity contribution in [3.8, 4) is 0 Å². The number of hydrogen-bond acceptors (Lipinski definition) is 3. The van der Waals surface area contributed by atoms with Crippen molar-refractivity contribution in [1.82, 2.24) is 10.2 Å². The van der Waals surface area contributed by atoms with Crippen molar-refractivity contribution < 1.29 is 4.21 Å². The minimum atomic E-state index is -0.556. The van der Waals surface area contributed by atoms with Crippen LogP contribution >= 0.6 is 0 Å². The lowest BCUT2D eigenvalue weighted by Gasteiger charge is -2.44. The van der Waals surface area contributed by atoms with E-state index < -0.39 is 10.8 Å². The zero-order valence-electron chi connectivity index (χ0n) is 13.5. The Balaban J connectivity index is 1.96. The van der Waals surface area contributed by atoms with E-state index in [1.165, 1.54) is 32.2 Å². The Morgan fingerprint density at radius 1 is 1.35 bits per heavy atom. The van der Waals surface area contributed by atoms with E-state index in [1.807, 2.05) is 0 Å². The summed E-state index contributed by atoms with van der Waals surface area (Å²) in [7, 11) is -0.556. The van der Waals surface area contributed by atoms with Gasteiger partial charge in [0.15, 0.2) is 0 Å². The first-order chi connectivity index (χ1) is 9.49. The number of hydrogen-bond donors (Lipinski definition) is 1. The van der Waals surface area contributed by atoms with Crippen LogP contribution in [0.15, 0.2) is 0 Å². The van der Waals surface area contributed by atoms with Crippen LogP contribution in [0.1, 0.15) is 46.5 Å². The number of nitrogens with one attached hydrogen (secondary N) is 1. The van der Waals surface area contributed by atoms with Crippen LogP contribution in [0.3, 0.4) is 0 Å². The summed E-state index contributed by atoms with van der Waals surface area (Å²) < 4.78 is 11.5. The van der Waals surface area contributed by atoms with Crippen molar-refractivity contribution in [3.05, 3.63) is 0 Å². The van der Waals surface area contributed by atoms with Crippen LogP contribution in [0, 0.1) is 11.3 Å². The molecule has 0 spiro atoms. The highest BCUT2D eigenvalue weighted by molar-refractivity contribution is 7.85. The summed E-state index contributed by atoms with van der Waals surface area (Å²) in [6.07, 6.45) is 5.48. The molecule has 0 aromatic rings. The van der Waals surface area contributed by atoms with Gasteiger partial charge in [0.2, 0.25) is 0 Å². The van der Waals surface area contributed by atoms with Crippen molar-refractivity contribution in [2.75, 3.05) is 37.7 Å². The average Bonchev–Trinajstić information content (AvgIpc) is 2.39. The van der Waals surface area contributed by atoms with E-state index in [9.17, 15) is 4.21 Å². The molecule has 0 radical (unpaired) electrons. The first kappa shape index (κ1) is 16.4. The van der Waals surface area contributed by atoms with Crippen LogP contribution in [-0.4, -0.2) is 52.8 Å². The Morgan fingerprint density at radius 2 is 2.05 bits per heavy atom. The summed E-state index contributed by atoms with van der Waals surface area (Å²) in [6, 6.07) is 0.568. The molecule has 0 aromatic heterocycles.